The van der Waals surface area contributed by atoms with Crippen molar-refractivity contribution in [2.24, 2.45) is 63.1 Å². The quantitative estimate of drug-likeness (QED) is 0.241. The SMILES string of the molecule is C#C.CC(=O)NCCC[C@@H](C)C1[C@H](O)CC2[C@@H]3CCC4C(C)(C)[C@@H](OC5CN(C(=O)C(C)C)CCO5)CC[C@@]45C(C)[C@@]35CC[C@]12C. The molecule has 2 amide bonds. The van der Waals surface area contributed by atoms with Gasteiger partial charge in [0.1, 0.15) is 0 Å². The molecule has 5 unspecified atom stereocenters. The van der Waals surface area contributed by atoms with Gasteiger partial charge < -0.3 is 24.8 Å². The zero-order chi connectivity index (χ0) is 33.8. The van der Waals surface area contributed by atoms with Gasteiger partial charge in [-0.25, -0.2) is 0 Å². The van der Waals surface area contributed by atoms with E-state index in [4.69, 9.17) is 9.47 Å². The Kier molecular flexibility index (Phi) is 10.1. The van der Waals surface area contributed by atoms with Crippen LogP contribution in [-0.2, 0) is 19.1 Å². The van der Waals surface area contributed by atoms with E-state index in [1.54, 1.807) is 6.92 Å². The van der Waals surface area contributed by atoms with E-state index >= 15 is 0 Å². The fourth-order valence-corrected chi connectivity index (χ4v) is 13.3. The molecule has 1 saturated heterocycles. The first-order valence-corrected chi connectivity index (χ1v) is 18.5. The largest absolute Gasteiger partial charge is 0.393 e. The molecule has 260 valence electrons. The van der Waals surface area contributed by atoms with Crippen molar-refractivity contribution in [2.75, 3.05) is 26.2 Å². The molecule has 2 N–H and O–H groups in total. The number of nitrogens with one attached hydrogen (secondary N) is 1. The first-order valence-electron chi connectivity index (χ1n) is 18.5. The fourth-order valence-electron chi connectivity index (χ4n) is 13.3. The highest BCUT2D eigenvalue weighted by atomic mass is 16.7. The molecule has 0 aromatic heterocycles. The van der Waals surface area contributed by atoms with Crippen LogP contribution < -0.4 is 5.32 Å². The van der Waals surface area contributed by atoms with Gasteiger partial charge in [0.25, 0.3) is 0 Å². The number of aliphatic hydroxyl groups is 1. The summed E-state index contributed by atoms with van der Waals surface area (Å²) in [6.45, 7) is 20.4. The summed E-state index contributed by atoms with van der Waals surface area (Å²) in [7, 11) is 0. The highest BCUT2D eigenvalue weighted by Gasteiger charge is 2.84. The predicted octanol–water partition coefficient (Wildman–Crippen LogP) is 6.28. The van der Waals surface area contributed by atoms with Crippen molar-refractivity contribution >= 4 is 11.8 Å². The molecule has 6 fully saturated rings. The standard InChI is InChI=1S/C37H62N2O5.C2H2/c1-22(2)33(42)39-18-19-43-31(21-39)44-30-13-14-37-24(4)36(37)16-15-35(8)27(26(36)11-12-29(37)34(30,6)7)20-28(41)32(35)23(3)10-9-17-38-25(5)40;1-2/h22-24,26-32,41H,9-21H2,1-8H3,(H,38,40);1-2H/t23-,24?,26+,27?,28-,29?,30+,31?,32?,35+,36+,37-;/m1./s1. The molecule has 1 heterocycles. The average molecular weight is 641 g/mol. The average Bonchev–Trinajstić information content (AvgIpc) is 3.41. The van der Waals surface area contributed by atoms with Crippen molar-refractivity contribution in [3.63, 3.8) is 0 Å². The minimum Gasteiger partial charge on any atom is -0.393 e. The summed E-state index contributed by atoms with van der Waals surface area (Å²) in [5.74, 6) is 3.73. The van der Waals surface area contributed by atoms with Gasteiger partial charge >= 0.3 is 0 Å². The molecule has 6 rings (SSSR count). The minimum absolute atomic E-state index is 0.00526. The van der Waals surface area contributed by atoms with Crippen LogP contribution in [0.3, 0.4) is 0 Å². The smallest absolute Gasteiger partial charge is 0.225 e. The molecule has 2 spiro atoms. The molecule has 0 aromatic carbocycles. The molecule has 6 aliphatic rings. The topological polar surface area (TPSA) is 88.1 Å². The van der Waals surface area contributed by atoms with Gasteiger partial charge in [0.05, 0.1) is 25.4 Å². The van der Waals surface area contributed by atoms with Crippen molar-refractivity contribution < 1.29 is 24.2 Å². The molecule has 1 aliphatic heterocycles. The molecule has 0 bridgehead atoms. The van der Waals surface area contributed by atoms with Gasteiger partial charge in [-0.1, -0.05) is 48.5 Å². The Morgan fingerprint density at radius 3 is 2.43 bits per heavy atom. The zero-order valence-electron chi connectivity index (χ0n) is 30.1. The normalized spacial score (nSPS) is 44.4. The summed E-state index contributed by atoms with van der Waals surface area (Å²) < 4.78 is 12.9. The number of aliphatic hydroxyl groups excluding tert-OH is 1. The first-order chi connectivity index (χ1) is 21.7. The van der Waals surface area contributed by atoms with E-state index in [-0.39, 0.29) is 47.1 Å². The predicted molar refractivity (Wildman–Crippen MR) is 181 cm³/mol. The van der Waals surface area contributed by atoms with Crippen molar-refractivity contribution in [3.05, 3.63) is 0 Å². The van der Waals surface area contributed by atoms with Crippen LogP contribution in [0.1, 0.15) is 113 Å². The molecule has 12 atom stereocenters. The third-order valence-electron chi connectivity index (χ3n) is 15.0. The first kappa shape index (κ1) is 35.7. The second-order valence-electron chi connectivity index (χ2n) is 17.3. The molecular formula is C39H64N2O5. The number of carbonyl (C=O) groups excluding carboxylic acids is 2. The maximum atomic E-state index is 12.7. The van der Waals surface area contributed by atoms with Crippen LogP contribution in [0, 0.1) is 75.9 Å². The monoisotopic (exact) mass is 640 g/mol. The third-order valence-corrected chi connectivity index (χ3v) is 15.0. The number of amides is 2. The molecule has 46 heavy (non-hydrogen) atoms. The molecule has 0 aromatic rings. The number of rotatable bonds is 8. The van der Waals surface area contributed by atoms with Gasteiger partial charge in [-0.15, -0.1) is 12.8 Å². The number of morpholine rings is 1. The van der Waals surface area contributed by atoms with Gasteiger partial charge in [-0.3, -0.25) is 9.59 Å². The molecule has 0 radical (unpaired) electrons. The minimum atomic E-state index is -0.334. The number of hydrogen-bond donors (Lipinski definition) is 2. The summed E-state index contributed by atoms with van der Waals surface area (Å²) in [6, 6.07) is 0. The Bertz CT molecular complexity index is 1150. The van der Waals surface area contributed by atoms with E-state index in [0.717, 1.165) is 38.1 Å². The van der Waals surface area contributed by atoms with E-state index in [2.05, 4.69) is 52.8 Å². The molecule has 7 nitrogen and oxygen atoms in total. The van der Waals surface area contributed by atoms with Gasteiger partial charge in [0.2, 0.25) is 11.8 Å². The van der Waals surface area contributed by atoms with Crippen molar-refractivity contribution in [3.8, 4) is 12.8 Å². The highest BCUT2D eigenvalue weighted by Crippen LogP contribution is 2.89. The molecular weight excluding hydrogens is 576 g/mol. The van der Waals surface area contributed by atoms with Crippen LogP contribution in [0.2, 0.25) is 0 Å². The van der Waals surface area contributed by atoms with Crippen LogP contribution in [0.5, 0.6) is 0 Å². The number of carbonyl (C=O) groups is 2. The molecule has 5 aliphatic carbocycles. The Balaban J connectivity index is 0.00000204. The van der Waals surface area contributed by atoms with E-state index < -0.39 is 0 Å². The Hall–Kier alpha value is -1.62. The lowest BCUT2D eigenvalue weighted by Crippen LogP contribution is -2.56. The number of nitrogens with zero attached hydrogens (tertiary/aromatic N) is 1. The maximum absolute atomic E-state index is 12.7. The van der Waals surface area contributed by atoms with Crippen LogP contribution in [0.15, 0.2) is 0 Å². The van der Waals surface area contributed by atoms with Crippen LogP contribution in [-0.4, -0.2) is 66.6 Å². The van der Waals surface area contributed by atoms with Crippen molar-refractivity contribution in [1.82, 2.24) is 10.2 Å². The van der Waals surface area contributed by atoms with E-state index in [1.807, 2.05) is 18.7 Å². The summed E-state index contributed by atoms with van der Waals surface area (Å²) in [5.41, 5.74) is 1.05. The second kappa shape index (κ2) is 13.0. The van der Waals surface area contributed by atoms with Crippen molar-refractivity contribution in [2.45, 2.75) is 132 Å². The highest BCUT2D eigenvalue weighted by molar-refractivity contribution is 5.78. The van der Waals surface area contributed by atoms with Gasteiger partial charge in [-0.2, -0.15) is 0 Å². The van der Waals surface area contributed by atoms with Gasteiger partial charge in [0.15, 0.2) is 6.29 Å². The number of ether oxygens (including phenoxy) is 2. The zero-order valence-corrected chi connectivity index (χ0v) is 30.1. The van der Waals surface area contributed by atoms with Crippen LogP contribution in [0.25, 0.3) is 0 Å². The van der Waals surface area contributed by atoms with Gasteiger partial charge in [-0.05, 0) is 115 Å². The van der Waals surface area contributed by atoms with Crippen LogP contribution >= 0.6 is 0 Å². The van der Waals surface area contributed by atoms with Crippen molar-refractivity contribution in [1.29, 1.82) is 0 Å². The molecule has 7 heteroatoms. The Morgan fingerprint density at radius 1 is 1.04 bits per heavy atom. The summed E-state index contributed by atoms with van der Waals surface area (Å²) in [5, 5.41) is 14.6. The summed E-state index contributed by atoms with van der Waals surface area (Å²) in [4.78, 5) is 26.0. The Morgan fingerprint density at radius 2 is 1.76 bits per heavy atom. The third kappa shape index (κ3) is 5.36. The lowest BCUT2D eigenvalue weighted by Gasteiger charge is -2.60. The van der Waals surface area contributed by atoms with E-state index in [9.17, 15) is 14.7 Å². The Labute approximate surface area is 279 Å². The number of fused-ring (bicyclic) bond motifs is 2. The second-order valence-corrected chi connectivity index (χ2v) is 17.3. The van der Waals surface area contributed by atoms with Gasteiger partial charge in [0, 0.05) is 25.9 Å². The lowest BCUT2D eigenvalue weighted by atomic mass is 9.46. The fraction of sp³-hybridized carbons (Fsp3) is 0.897. The lowest BCUT2D eigenvalue weighted by molar-refractivity contribution is -0.245. The van der Waals surface area contributed by atoms with E-state index in [0.29, 0.717) is 60.1 Å². The number of hydrogen-bond acceptors (Lipinski definition) is 5. The van der Waals surface area contributed by atoms with E-state index in [1.165, 1.54) is 32.1 Å². The maximum Gasteiger partial charge on any atom is 0.225 e. The number of terminal acetylenes is 1. The molecule has 5 saturated carbocycles. The van der Waals surface area contributed by atoms with Crippen LogP contribution in [0.4, 0.5) is 0 Å². The summed E-state index contributed by atoms with van der Waals surface area (Å²) in [6.07, 6.45) is 18.0. The summed E-state index contributed by atoms with van der Waals surface area (Å²) >= 11 is 0.